The first-order valence-corrected chi connectivity index (χ1v) is 5.99. The third-order valence-electron chi connectivity index (χ3n) is 2.24. The molecule has 0 aliphatic carbocycles. The number of anilines is 3. The Bertz CT molecular complexity index is 597. The molecule has 2 rings (SSSR count). The van der Waals surface area contributed by atoms with Gasteiger partial charge in [0, 0.05) is 11.8 Å². The Balaban J connectivity index is 2.39. The normalized spacial score (nSPS) is 10.4. The molecule has 0 aliphatic heterocycles. The number of hydrogen-bond acceptors (Lipinski definition) is 5. The van der Waals surface area contributed by atoms with Gasteiger partial charge >= 0.3 is 0 Å². The quantitative estimate of drug-likeness (QED) is 0.599. The summed E-state index contributed by atoms with van der Waals surface area (Å²) in [5.74, 6) is 5.43. The van der Waals surface area contributed by atoms with E-state index in [9.17, 15) is 4.39 Å². The summed E-state index contributed by atoms with van der Waals surface area (Å²) in [6, 6.07) is 3.99. The minimum atomic E-state index is -0.510. The van der Waals surface area contributed by atoms with Crippen LogP contribution in [0.1, 0.15) is 5.69 Å². The van der Waals surface area contributed by atoms with Crippen LogP contribution in [-0.4, -0.2) is 9.97 Å². The van der Waals surface area contributed by atoms with Crippen molar-refractivity contribution in [2.45, 2.75) is 6.92 Å². The van der Waals surface area contributed by atoms with Gasteiger partial charge in [0.1, 0.15) is 11.6 Å². The molecule has 100 valence electrons. The highest BCUT2D eigenvalue weighted by molar-refractivity contribution is 6.39. The number of aryl methyl sites for hydroxylation is 1. The topological polar surface area (TPSA) is 75.9 Å². The Hall–Kier alpha value is -1.63. The zero-order valence-corrected chi connectivity index (χ0v) is 11.3. The Morgan fingerprint density at radius 3 is 2.37 bits per heavy atom. The van der Waals surface area contributed by atoms with Crippen molar-refractivity contribution in [3.05, 3.63) is 39.8 Å². The first kappa shape index (κ1) is 13.8. The van der Waals surface area contributed by atoms with E-state index >= 15 is 0 Å². The van der Waals surface area contributed by atoms with E-state index in [-0.39, 0.29) is 16.0 Å². The van der Waals surface area contributed by atoms with Gasteiger partial charge in [0.15, 0.2) is 0 Å². The van der Waals surface area contributed by atoms with Crippen LogP contribution >= 0.6 is 23.2 Å². The average molecular weight is 302 g/mol. The maximum Gasteiger partial charge on any atom is 0.239 e. The van der Waals surface area contributed by atoms with Crippen LogP contribution < -0.4 is 16.6 Å². The molecule has 0 bridgehead atoms. The van der Waals surface area contributed by atoms with Gasteiger partial charge in [-0.1, -0.05) is 23.2 Å². The molecule has 1 heterocycles. The maximum atomic E-state index is 13.1. The average Bonchev–Trinajstić information content (AvgIpc) is 2.33. The summed E-state index contributed by atoms with van der Waals surface area (Å²) in [4.78, 5) is 8.12. The number of rotatable bonds is 3. The first-order chi connectivity index (χ1) is 8.99. The van der Waals surface area contributed by atoms with Crippen molar-refractivity contribution in [2.24, 2.45) is 5.84 Å². The number of nitrogens with two attached hydrogens (primary N) is 1. The van der Waals surface area contributed by atoms with Crippen molar-refractivity contribution in [2.75, 3.05) is 10.7 Å². The highest BCUT2D eigenvalue weighted by Crippen LogP contribution is 2.33. The number of aromatic nitrogens is 2. The standard InChI is InChI=1S/C11H10Cl2FN5/c1-5-2-9(18-11(16-5)19-15)17-10-7(12)3-6(14)4-8(10)13/h2-4H,15H2,1H3,(H2,16,17,18,19). The molecule has 8 heteroatoms. The lowest BCUT2D eigenvalue weighted by atomic mass is 10.3. The van der Waals surface area contributed by atoms with Gasteiger partial charge in [0.25, 0.3) is 0 Å². The molecule has 0 radical (unpaired) electrons. The fourth-order valence-electron chi connectivity index (χ4n) is 1.49. The minimum absolute atomic E-state index is 0.156. The molecule has 1 aromatic heterocycles. The van der Waals surface area contributed by atoms with Crippen LogP contribution in [0.3, 0.4) is 0 Å². The second-order valence-corrected chi connectivity index (χ2v) is 4.55. The van der Waals surface area contributed by atoms with E-state index in [0.717, 1.165) is 12.1 Å². The van der Waals surface area contributed by atoms with Crippen LogP contribution in [0.4, 0.5) is 21.8 Å². The number of nitrogens with zero attached hydrogens (tertiary/aromatic N) is 2. The van der Waals surface area contributed by atoms with E-state index in [4.69, 9.17) is 29.0 Å². The smallest absolute Gasteiger partial charge is 0.239 e. The summed E-state index contributed by atoms with van der Waals surface area (Å²) in [6.07, 6.45) is 0. The molecule has 0 spiro atoms. The van der Waals surface area contributed by atoms with Gasteiger partial charge in [0.2, 0.25) is 5.95 Å². The molecule has 2 aromatic rings. The molecule has 4 N–H and O–H groups in total. The van der Waals surface area contributed by atoms with Gasteiger partial charge in [-0.15, -0.1) is 0 Å². The Labute approximate surface area is 118 Å². The summed E-state index contributed by atoms with van der Waals surface area (Å²) in [5.41, 5.74) is 3.40. The van der Waals surface area contributed by atoms with Crippen molar-refractivity contribution in [1.82, 2.24) is 9.97 Å². The highest BCUT2D eigenvalue weighted by Gasteiger charge is 2.10. The Kier molecular flexibility index (Phi) is 4.04. The maximum absolute atomic E-state index is 13.1. The fraction of sp³-hybridized carbons (Fsp3) is 0.0909. The van der Waals surface area contributed by atoms with Crippen LogP contribution in [0, 0.1) is 12.7 Å². The zero-order chi connectivity index (χ0) is 14.0. The lowest BCUT2D eigenvalue weighted by molar-refractivity contribution is 0.628. The van der Waals surface area contributed by atoms with E-state index < -0.39 is 5.82 Å². The van der Waals surface area contributed by atoms with Gasteiger partial charge in [-0.25, -0.2) is 15.2 Å². The molecule has 0 unspecified atom stereocenters. The van der Waals surface area contributed by atoms with Gasteiger partial charge in [0.05, 0.1) is 15.7 Å². The van der Waals surface area contributed by atoms with Crippen LogP contribution in [0.25, 0.3) is 0 Å². The summed E-state index contributed by atoms with van der Waals surface area (Å²) >= 11 is 11.9. The van der Waals surface area contributed by atoms with Crippen LogP contribution in [0.2, 0.25) is 10.0 Å². The van der Waals surface area contributed by atoms with Crippen LogP contribution in [-0.2, 0) is 0 Å². The number of benzene rings is 1. The van der Waals surface area contributed by atoms with E-state index in [1.807, 2.05) is 0 Å². The molecule has 19 heavy (non-hydrogen) atoms. The highest BCUT2D eigenvalue weighted by atomic mass is 35.5. The van der Waals surface area contributed by atoms with Crippen molar-refractivity contribution in [3.8, 4) is 0 Å². The second kappa shape index (κ2) is 5.56. The molecular weight excluding hydrogens is 292 g/mol. The molecule has 0 saturated carbocycles. The molecule has 0 fully saturated rings. The van der Waals surface area contributed by atoms with Crippen molar-refractivity contribution in [3.63, 3.8) is 0 Å². The lowest BCUT2D eigenvalue weighted by Crippen LogP contribution is -2.12. The van der Waals surface area contributed by atoms with Gasteiger partial charge in [-0.2, -0.15) is 4.98 Å². The SMILES string of the molecule is Cc1cc(Nc2c(Cl)cc(F)cc2Cl)nc(NN)n1. The Morgan fingerprint density at radius 1 is 1.16 bits per heavy atom. The summed E-state index contributed by atoms with van der Waals surface area (Å²) in [7, 11) is 0. The summed E-state index contributed by atoms with van der Waals surface area (Å²) in [6.45, 7) is 1.78. The number of halogens is 3. The molecular formula is C11H10Cl2FN5. The molecule has 5 nitrogen and oxygen atoms in total. The number of hydrogen-bond donors (Lipinski definition) is 3. The van der Waals surface area contributed by atoms with Crippen molar-refractivity contribution < 1.29 is 4.39 Å². The predicted molar refractivity (Wildman–Crippen MR) is 74.3 cm³/mol. The third-order valence-corrected chi connectivity index (χ3v) is 2.84. The first-order valence-electron chi connectivity index (χ1n) is 5.23. The fourth-order valence-corrected chi connectivity index (χ4v) is 2.04. The zero-order valence-electron chi connectivity index (χ0n) is 9.84. The predicted octanol–water partition coefficient (Wildman–Crippen LogP) is 3.26. The lowest BCUT2D eigenvalue weighted by Gasteiger charge is -2.11. The number of nitrogens with one attached hydrogen (secondary N) is 2. The number of hydrazine groups is 1. The van der Waals surface area contributed by atoms with Gasteiger partial charge < -0.3 is 5.32 Å². The minimum Gasteiger partial charge on any atom is -0.338 e. The van der Waals surface area contributed by atoms with Crippen molar-refractivity contribution in [1.29, 1.82) is 0 Å². The van der Waals surface area contributed by atoms with E-state index in [0.29, 0.717) is 17.2 Å². The van der Waals surface area contributed by atoms with Gasteiger partial charge in [-0.3, -0.25) is 5.43 Å². The van der Waals surface area contributed by atoms with E-state index in [1.165, 1.54) is 0 Å². The largest absolute Gasteiger partial charge is 0.338 e. The van der Waals surface area contributed by atoms with Crippen LogP contribution in [0.15, 0.2) is 18.2 Å². The summed E-state index contributed by atoms with van der Waals surface area (Å²) in [5, 5.41) is 3.22. The number of nitrogen functional groups attached to an aromatic ring is 1. The second-order valence-electron chi connectivity index (χ2n) is 3.73. The van der Waals surface area contributed by atoms with E-state index in [1.54, 1.807) is 13.0 Å². The molecule has 0 atom stereocenters. The van der Waals surface area contributed by atoms with Crippen LogP contribution in [0.5, 0.6) is 0 Å². The Morgan fingerprint density at radius 2 is 1.79 bits per heavy atom. The summed E-state index contributed by atoms with van der Waals surface area (Å²) < 4.78 is 13.1. The monoisotopic (exact) mass is 301 g/mol. The molecule has 0 saturated heterocycles. The molecule has 1 aromatic carbocycles. The van der Waals surface area contributed by atoms with E-state index in [2.05, 4.69) is 20.7 Å². The third kappa shape index (κ3) is 3.23. The molecule has 0 aliphatic rings. The molecule has 0 amide bonds. The van der Waals surface area contributed by atoms with Crippen molar-refractivity contribution >= 4 is 40.7 Å². The van der Waals surface area contributed by atoms with Gasteiger partial charge in [-0.05, 0) is 19.1 Å².